The van der Waals surface area contributed by atoms with Crippen LogP contribution in [0.1, 0.15) is 35.4 Å². The molecule has 0 aromatic heterocycles. The first kappa shape index (κ1) is 10.2. The third kappa shape index (κ3) is 2.19. The first-order valence-corrected chi connectivity index (χ1v) is 5.45. The number of piperidine rings is 1. The third-order valence-corrected chi connectivity index (χ3v) is 3.11. The fourth-order valence-electron chi connectivity index (χ4n) is 2.15. The highest BCUT2D eigenvalue weighted by Gasteiger charge is 2.16. The summed E-state index contributed by atoms with van der Waals surface area (Å²) < 4.78 is 0. The fourth-order valence-corrected chi connectivity index (χ4v) is 2.15. The number of hydrogen-bond donors (Lipinski definition) is 0. The van der Waals surface area contributed by atoms with Crippen LogP contribution in [0.3, 0.4) is 0 Å². The molecule has 2 nitrogen and oxygen atoms in total. The quantitative estimate of drug-likeness (QED) is 0.684. The summed E-state index contributed by atoms with van der Waals surface area (Å²) in [5.41, 5.74) is 3.26. The summed E-state index contributed by atoms with van der Waals surface area (Å²) in [6, 6.07) is 8.41. The second-order valence-electron chi connectivity index (χ2n) is 4.13. The van der Waals surface area contributed by atoms with E-state index in [1.165, 1.54) is 5.56 Å². The molecule has 0 atom stereocenters. The van der Waals surface area contributed by atoms with Gasteiger partial charge in [-0.15, -0.1) is 0 Å². The van der Waals surface area contributed by atoms with Crippen molar-refractivity contribution < 1.29 is 0 Å². The zero-order chi connectivity index (χ0) is 10.7. The van der Waals surface area contributed by atoms with Gasteiger partial charge in [-0.2, -0.15) is 5.26 Å². The Hall–Kier alpha value is -1.33. The highest BCUT2D eigenvalue weighted by atomic mass is 14.9. The van der Waals surface area contributed by atoms with E-state index < -0.39 is 0 Å². The summed E-state index contributed by atoms with van der Waals surface area (Å²) in [4.78, 5) is 0. The predicted molar refractivity (Wildman–Crippen MR) is 59.7 cm³/mol. The van der Waals surface area contributed by atoms with E-state index in [0.29, 0.717) is 5.92 Å². The van der Waals surface area contributed by atoms with Crippen LogP contribution in [0.5, 0.6) is 0 Å². The largest absolute Gasteiger partial charge is 0.242 e. The molecule has 0 bridgehead atoms. The maximum Gasteiger partial charge on any atom is 0.0994 e. The Morgan fingerprint density at radius 1 is 1.33 bits per heavy atom. The van der Waals surface area contributed by atoms with Crippen molar-refractivity contribution in [2.24, 2.45) is 0 Å². The van der Waals surface area contributed by atoms with Gasteiger partial charge in [-0.05, 0) is 42.9 Å². The van der Waals surface area contributed by atoms with Crippen LogP contribution in [0.4, 0.5) is 0 Å². The minimum atomic E-state index is 0.647. The minimum Gasteiger partial charge on any atom is -0.242 e. The molecule has 2 rings (SSSR count). The zero-order valence-electron chi connectivity index (χ0n) is 9.03. The van der Waals surface area contributed by atoms with Crippen molar-refractivity contribution in [3.63, 3.8) is 0 Å². The Labute approximate surface area is 90.9 Å². The number of nitriles is 1. The van der Waals surface area contributed by atoms with Crippen molar-refractivity contribution in [2.45, 2.75) is 25.7 Å². The lowest BCUT2D eigenvalue weighted by molar-refractivity contribution is 0.453. The Morgan fingerprint density at radius 3 is 2.67 bits per heavy atom. The van der Waals surface area contributed by atoms with Gasteiger partial charge in [0, 0.05) is 13.1 Å². The molecule has 0 saturated carbocycles. The van der Waals surface area contributed by atoms with Gasteiger partial charge in [0.2, 0.25) is 0 Å². The van der Waals surface area contributed by atoms with Gasteiger partial charge in [0.1, 0.15) is 0 Å². The molecule has 1 aromatic rings. The topological polar surface area (TPSA) is 37.9 Å². The molecule has 1 aliphatic heterocycles. The molecule has 1 fully saturated rings. The van der Waals surface area contributed by atoms with E-state index in [0.717, 1.165) is 37.1 Å². The number of hydrogen-bond acceptors (Lipinski definition) is 1. The SMILES string of the molecule is Cc1cc(C2CC[N]CC2)ccc1C#N. The molecule has 1 radical (unpaired) electrons. The normalized spacial score (nSPS) is 17.3. The average molecular weight is 199 g/mol. The monoisotopic (exact) mass is 199 g/mol. The van der Waals surface area contributed by atoms with Crippen LogP contribution >= 0.6 is 0 Å². The second kappa shape index (κ2) is 4.46. The minimum absolute atomic E-state index is 0.647. The molecule has 1 saturated heterocycles. The molecule has 0 amide bonds. The molecule has 1 heterocycles. The van der Waals surface area contributed by atoms with Gasteiger partial charge >= 0.3 is 0 Å². The zero-order valence-corrected chi connectivity index (χ0v) is 9.03. The lowest BCUT2D eigenvalue weighted by Gasteiger charge is -2.22. The number of rotatable bonds is 1. The summed E-state index contributed by atoms with van der Waals surface area (Å²) in [5.74, 6) is 0.647. The highest BCUT2D eigenvalue weighted by Crippen LogP contribution is 2.26. The summed E-state index contributed by atoms with van der Waals surface area (Å²) in [6.07, 6.45) is 2.32. The van der Waals surface area contributed by atoms with Gasteiger partial charge in [0.15, 0.2) is 0 Å². The standard InChI is InChI=1S/C13H15N2/c1-10-8-12(2-3-13(10)9-14)11-4-6-15-7-5-11/h2-3,8,11H,4-7H2,1H3. The fraction of sp³-hybridized carbons (Fsp3) is 0.462. The van der Waals surface area contributed by atoms with Crippen LogP contribution in [-0.4, -0.2) is 13.1 Å². The van der Waals surface area contributed by atoms with Gasteiger partial charge in [-0.1, -0.05) is 12.1 Å². The van der Waals surface area contributed by atoms with Crippen molar-refractivity contribution in [1.29, 1.82) is 5.26 Å². The molecule has 15 heavy (non-hydrogen) atoms. The van der Waals surface area contributed by atoms with Crippen LogP contribution in [-0.2, 0) is 0 Å². The average Bonchev–Trinajstić information content (AvgIpc) is 2.30. The van der Waals surface area contributed by atoms with Gasteiger partial charge in [0.25, 0.3) is 0 Å². The number of nitrogens with zero attached hydrogens (tertiary/aromatic N) is 2. The van der Waals surface area contributed by atoms with Crippen molar-refractivity contribution >= 4 is 0 Å². The molecular formula is C13H15N2. The lowest BCUT2D eigenvalue weighted by Crippen LogP contribution is -2.21. The van der Waals surface area contributed by atoms with Crippen LogP contribution in [0.25, 0.3) is 0 Å². The number of benzene rings is 1. The van der Waals surface area contributed by atoms with E-state index in [4.69, 9.17) is 5.26 Å². The summed E-state index contributed by atoms with van der Waals surface area (Å²) in [5, 5.41) is 13.2. The molecule has 1 aliphatic rings. The van der Waals surface area contributed by atoms with Crippen molar-refractivity contribution in [3.8, 4) is 6.07 Å². The molecule has 1 aromatic carbocycles. The Bertz CT molecular complexity index is 384. The van der Waals surface area contributed by atoms with E-state index in [2.05, 4.69) is 23.5 Å². The smallest absolute Gasteiger partial charge is 0.0994 e. The van der Waals surface area contributed by atoms with Gasteiger partial charge < -0.3 is 0 Å². The van der Waals surface area contributed by atoms with Gasteiger partial charge in [-0.3, -0.25) is 0 Å². The van der Waals surface area contributed by atoms with Crippen molar-refractivity contribution in [1.82, 2.24) is 5.32 Å². The Morgan fingerprint density at radius 2 is 2.07 bits per heavy atom. The summed E-state index contributed by atoms with van der Waals surface area (Å²) in [6.45, 7) is 3.99. The lowest BCUT2D eigenvalue weighted by atomic mass is 9.88. The molecule has 0 aliphatic carbocycles. The van der Waals surface area contributed by atoms with Crippen molar-refractivity contribution in [2.75, 3.05) is 13.1 Å². The predicted octanol–water partition coefficient (Wildman–Crippen LogP) is 2.35. The second-order valence-corrected chi connectivity index (χ2v) is 4.13. The first-order chi connectivity index (χ1) is 7.31. The maximum absolute atomic E-state index is 8.85. The highest BCUT2D eigenvalue weighted by molar-refractivity contribution is 5.40. The summed E-state index contributed by atoms with van der Waals surface area (Å²) in [7, 11) is 0. The Kier molecular flexibility index (Phi) is 3.03. The van der Waals surface area contributed by atoms with Crippen molar-refractivity contribution in [3.05, 3.63) is 34.9 Å². The summed E-state index contributed by atoms with van der Waals surface area (Å²) >= 11 is 0. The van der Waals surface area contributed by atoms with Crippen LogP contribution < -0.4 is 5.32 Å². The Balaban J connectivity index is 2.22. The van der Waals surface area contributed by atoms with E-state index in [1.54, 1.807) is 0 Å². The van der Waals surface area contributed by atoms with Gasteiger partial charge in [-0.25, -0.2) is 5.32 Å². The van der Waals surface area contributed by atoms with Gasteiger partial charge in [0.05, 0.1) is 11.6 Å². The van der Waals surface area contributed by atoms with E-state index >= 15 is 0 Å². The van der Waals surface area contributed by atoms with Crippen LogP contribution in [0, 0.1) is 18.3 Å². The first-order valence-electron chi connectivity index (χ1n) is 5.45. The van der Waals surface area contributed by atoms with Crippen LogP contribution in [0.15, 0.2) is 18.2 Å². The van der Waals surface area contributed by atoms with E-state index in [1.807, 2.05) is 13.0 Å². The maximum atomic E-state index is 8.85. The molecule has 0 spiro atoms. The van der Waals surface area contributed by atoms with Crippen LogP contribution in [0.2, 0.25) is 0 Å². The molecule has 77 valence electrons. The third-order valence-electron chi connectivity index (χ3n) is 3.11. The molecule has 2 heteroatoms. The molecule has 0 N–H and O–H groups in total. The van der Waals surface area contributed by atoms with E-state index in [-0.39, 0.29) is 0 Å². The molecular weight excluding hydrogens is 184 g/mol. The van der Waals surface area contributed by atoms with E-state index in [9.17, 15) is 0 Å². The number of aryl methyl sites for hydroxylation is 1. The molecule has 0 unspecified atom stereocenters.